The van der Waals surface area contributed by atoms with Crippen molar-refractivity contribution in [3.63, 3.8) is 0 Å². The van der Waals surface area contributed by atoms with E-state index in [4.69, 9.17) is 15.3 Å². The van der Waals surface area contributed by atoms with Crippen LogP contribution in [0.25, 0.3) is 0 Å². The van der Waals surface area contributed by atoms with Crippen molar-refractivity contribution in [2.24, 2.45) is 0 Å². The van der Waals surface area contributed by atoms with Crippen LogP contribution in [0.15, 0.2) is 0 Å². The molecule has 0 amide bonds. The number of nitrogens with zero attached hydrogens (tertiary/aromatic N) is 2. The van der Waals surface area contributed by atoms with Gasteiger partial charge in [0, 0.05) is 20.1 Å². The monoisotopic (exact) mass is 236 g/mol. The molecule has 0 heterocycles. The lowest BCUT2D eigenvalue weighted by Crippen LogP contribution is -2.31. The Morgan fingerprint density at radius 1 is 1.67 bits per heavy atom. The molecule has 8 heteroatoms. The molecule has 0 aliphatic carbocycles. The first-order valence-electron chi connectivity index (χ1n) is 4.10. The second kappa shape index (κ2) is 6.53. The lowest BCUT2D eigenvalue weighted by Gasteiger charge is -2.20. The van der Waals surface area contributed by atoms with E-state index in [2.05, 4.69) is 4.52 Å². The number of rotatable bonds is 7. The van der Waals surface area contributed by atoms with Gasteiger partial charge in [0.05, 0.1) is 12.6 Å². The minimum atomic E-state index is -3.77. The van der Waals surface area contributed by atoms with Gasteiger partial charge in [-0.15, -0.1) is 0 Å². The molecule has 0 saturated heterocycles. The van der Waals surface area contributed by atoms with Gasteiger partial charge in [0.15, 0.2) is 0 Å². The zero-order chi connectivity index (χ0) is 11.9. The number of nitriles is 1. The molecule has 2 N–H and O–H groups in total. The highest BCUT2D eigenvalue weighted by Gasteiger charge is 2.23. The van der Waals surface area contributed by atoms with Crippen LogP contribution < -0.4 is 0 Å². The molecule has 0 radical (unpaired) electrons. The molecule has 0 aromatic heterocycles. The topological polar surface area (TPSA) is 111 Å². The summed E-state index contributed by atoms with van der Waals surface area (Å²) >= 11 is 0. The van der Waals surface area contributed by atoms with Crippen LogP contribution in [0.3, 0.4) is 0 Å². The van der Waals surface area contributed by atoms with Crippen LogP contribution in [-0.4, -0.2) is 47.4 Å². The maximum absolute atomic E-state index is 11.2. The molecular formula is C7H13N2O5P. The van der Waals surface area contributed by atoms with E-state index in [1.807, 2.05) is 6.07 Å². The fourth-order valence-electron chi connectivity index (χ4n) is 0.910. The van der Waals surface area contributed by atoms with E-state index >= 15 is 0 Å². The van der Waals surface area contributed by atoms with E-state index in [0.717, 1.165) is 7.11 Å². The van der Waals surface area contributed by atoms with E-state index in [0.29, 0.717) is 0 Å². The van der Waals surface area contributed by atoms with Gasteiger partial charge in [0.1, 0.15) is 6.29 Å². The van der Waals surface area contributed by atoms with Gasteiger partial charge < -0.3 is 14.5 Å². The highest BCUT2D eigenvalue weighted by atomic mass is 31.2. The van der Waals surface area contributed by atoms with Crippen LogP contribution >= 0.6 is 7.60 Å². The summed E-state index contributed by atoms with van der Waals surface area (Å²) in [5.74, 6) is -1.12. The second-order valence-corrected chi connectivity index (χ2v) is 4.74. The number of hydrogen-bond donors (Lipinski definition) is 2. The molecule has 0 aliphatic rings. The highest BCUT2D eigenvalue weighted by Crippen LogP contribution is 2.41. The van der Waals surface area contributed by atoms with Crippen LogP contribution in [0.5, 0.6) is 0 Å². The van der Waals surface area contributed by atoms with Gasteiger partial charge in [-0.05, 0) is 0 Å². The number of carboxylic acid groups (broad SMARTS) is 1. The molecule has 1 unspecified atom stereocenters. The molecule has 0 aromatic carbocycles. The lowest BCUT2D eigenvalue weighted by atomic mass is 10.4. The predicted octanol–water partition coefficient (Wildman–Crippen LogP) is 0.0760. The van der Waals surface area contributed by atoms with Crippen molar-refractivity contribution in [2.45, 2.75) is 6.42 Å². The largest absolute Gasteiger partial charge is 0.480 e. The van der Waals surface area contributed by atoms with Gasteiger partial charge in [-0.1, -0.05) is 0 Å². The van der Waals surface area contributed by atoms with Crippen molar-refractivity contribution < 1.29 is 23.9 Å². The van der Waals surface area contributed by atoms with Gasteiger partial charge in [-0.25, -0.2) is 0 Å². The first-order chi connectivity index (χ1) is 6.91. The molecule has 0 saturated carbocycles. The summed E-state index contributed by atoms with van der Waals surface area (Å²) in [4.78, 5) is 20.7. The molecule has 15 heavy (non-hydrogen) atoms. The maximum atomic E-state index is 11.2. The first-order valence-corrected chi connectivity index (χ1v) is 5.86. The molecule has 0 spiro atoms. The quantitative estimate of drug-likeness (QED) is 0.602. The van der Waals surface area contributed by atoms with Crippen LogP contribution in [0.1, 0.15) is 6.42 Å². The third-order valence-corrected chi connectivity index (χ3v) is 2.89. The van der Waals surface area contributed by atoms with E-state index < -0.39 is 26.4 Å². The Labute approximate surface area is 87.4 Å². The van der Waals surface area contributed by atoms with Gasteiger partial charge in [-0.2, -0.15) is 5.26 Å². The third-order valence-electron chi connectivity index (χ3n) is 1.56. The van der Waals surface area contributed by atoms with Gasteiger partial charge in [0.25, 0.3) is 0 Å². The van der Waals surface area contributed by atoms with Crippen molar-refractivity contribution in [1.29, 1.82) is 5.26 Å². The SMILES string of the molecule is COP(=O)(O)CN(CCC#N)CC(=O)O. The summed E-state index contributed by atoms with van der Waals surface area (Å²) in [6.45, 7) is -0.272. The maximum Gasteiger partial charge on any atom is 0.341 e. The summed E-state index contributed by atoms with van der Waals surface area (Å²) in [6, 6.07) is 1.83. The molecule has 0 rings (SSSR count). The average molecular weight is 236 g/mol. The van der Waals surface area contributed by atoms with E-state index in [1.165, 1.54) is 4.90 Å². The predicted molar refractivity (Wildman–Crippen MR) is 51.1 cm³/mol. The average Bonchev–Trinajstić information content (AvgIpc) is 2.13. The minimum absolute atomic E-state index is 0.0942. The molecular weight excluding hydrogens is 223 g/mol. The zero-order valence-corrected chi connectivity index (χ0v) is 9.18. The Morgan fingerprint density at radius 2 is 2.27 bits per heavy atom. The van der Waals surface area contributed by atoms with Crippen molar-refractivity contribution in [3.05, 3.63) is 0 Å². The molecule has 0 fully saturated rings. The van der Waals surface area contributed by atoms with Crippen molar-refractivity contribution in [1.82, 2.24) is 4.90 Å². The Morgan fingerprint density at radius 3 is 2.67 bits per heavy atom. The van der Waals surface area contributed by atoms with Crippen LogP contribution in [0.4, 0.5) is 0 Å². The Hall–Kier alpha value is -0.930. The van der Waals surface area contributed by atoms with Crippen molar-refractivity contribution >= 4 is 13.6 Å². The first kappa shape index (κ1) is 14.1. The molecule has 86 valence electrons. The second-order valence-electron chi connectivity index (χ2n) is 2.82. The van der Waals surface area contributed by atoms with Gasteiger partial charge >= 0.3 is 13.6 Å². The fourth-order valence-corrected chi connectivity index (χ4v) is 1.77. The highest BCUT2D eigenvalue weighted by molar-refractivity contribution is 7.52. The van der Waals surface area contributed by atoms with Gasteiger partial charge in [0.2, 0.25) is 0 Å². The third kappa shape index (κ3) is 7.05. The standard InChI is InChI=1S/C7H13N2O5P/c1-14-15(12,13)6-9(4-2-3-8)5-7(10)11/h2,4-6H2,1H3,(H,10,11)(H,12,13). The number of hydrogen-bond acceptors (Lipinski definition) is 5. The smallest absolute Gasteiger partial charge is 0.341 e. The lowest BCUT2D eigenvalue weighted by molar-refractivity contribution is -0.138. The van der Waals surface area contributed by atoms with Gasteiger partial charge in [-0.3, -0.25) is 14.3 Å². The summed E-state index contributed by atoms with van der Waals surface area (Å²) in [6.07, 6.45) is -0.297. The van der Waals surface area contributed by atoms with E-state index in [1.54, 1.807) is 0 Å². The summed E-state index contributed by atoms with van der Waals surface area (Å²) in [5, 5.41) is 16.8. The van der Waals surface area contributed by atoms with Crippen molar-refractivity contribution in [3.8, 4) is 6.07 Å². The number of aliphatic carboxylic acids is 1. The molecule has 7 nitrogen and oxygen atoms in total. The molecule has 0 aromatic rings. The van der Waals surface area contributed by atoms with E-state index in [9.17, 15) is 9.36 Å². The van der Waals surface area contributed by atoms with Crippen LogP contribution in [0.2, 0.25) is 0 Å². The Bertz CT molecular complexity index is 300. The van der Waals surface area contributed by atoms with E-state index in [-0.39, 0.29) is 13.0 Å². The number of carbonyl (C=O) groups is 1. The minimum Gasteiger partial charge on any atom is -0.480 e. The molecule has 0 aliphatic heterocycles. The summed E-state index contributed by atoms with van der Waals surface area (Å²) in [7, 11) is -2.70. The number of carboxylic acids is 1. The van der Waals surface area contributed by atoms with Crippen LogP contribution in [0, 0.1) is 11.3 Å². The zero-order valence-electron chi connectivity index (χ0n) is 8.29. The molecule has 1 atom stereocenters. The summed E-state index contributed by atoms with van der Waals surface area (Å²) < 4.78 is 15.5. The van der Waals surface area contributed by atoms with Crippen molar-refractivity contribution in [2.75, 3.05) is 26.5 Å². The normalized spacial score (nSPS) is 14.5. The van der Waals surface area contributed by atoms with Crippen LogP contribution in [-0.2, 0) is 13.9 Å². The fraction of sp³-hybridized carbons (Fsp3) is 0.714. The molecule has 0 bridgehead atoms. The summed E-state index contributed by atoms with van der Waals surface area (Å²) in [5.41, 5.74) is 0. The Kier molecular flexibility index (Phi) is 6.13. The Balaban J connectivity index is 4.31.